The van der Waals surface area contributed by atoms with Crippen LogP contribution in [0, 0.1) is 0 Å². The molecule has 88 valence electrons. The van der Waals surface area contributed by atoms with E-state index in [1.807, 2.05) is 6.92 Å². The maximum atomic E-state index is 11.4. The van der Waals surface area contributed by atoms with Gasteiger partial charge in [-0.3, -0.25) is 9.52 Å². The third-order valence-corrected chi connectivity index (χ3v) is 4.19. The lowest BCUT2D eigenvalue weighted by Gasteiger charge is -2.10. The summed E-state index contributed by atoms with van der Waals surface area (Å²) in [7, 11) is -3.40. The summed E-state index contributed by atoms with van der Waals surface area (Å²) in [6.45, 7) is 1.97. The number of amides is 1. The average molecular weight is 234 g/mol. The minimum absolute atomic E-state index is 0.0831. The molecule has 1 fully saturated rings. The van der Waals surface area contributed by atoms with Crippen LogP contribution in [0.2, 0.25) is 0 Å². The molecule has 1 aliphatic carbocycles. The summed E-state index contributed by atoms with van der Waals surface area (Å²) < 4.78 is 24.8. The number of nitrogens with two attached hydrogens (primary N) is 1. The zero-order valence-corrected chi connectivity index (χ0v) is 9.72. The number of carbonyl (C=O) groups excluding carboxylic acids is 1. The zero-order valence-electron chi connectivity index (χ0n) is 8.90. The van der Waals surface area contributed by atoms with Crippen LogP contribution in [0.5, 0.6) is 0 Å². The third kappa shape index (κ3) is 4.17. The number of sulfonamides is 1. The highest BCUT2D eigenvalue weighted by Crippen LogP contribution is 2.27. The van der Waals surface area contributed by atoms with E-state index in [0.29, 0.717) is 12.8 Å². The number of rotatable bonds is 6. The van der Waals surface area contributed by atoms with Crippen molar-refractivity contribution in [2.75, 3.05) is 0 Å². The molecule has 0 aliphatic heterocycles. The molecular formula is C9H18N2O3S. The molecule has 0 saturated heterocycles. The molecule has 6 heteroatoms. The van der Waals surface area contributed by atoms with Crippen molar-refractivity contribution in [3.8, 4) is 0 Å². The van der Waals surface area contributed by atoms with Crippen LogP contribution in [0.3, 0.4) is 0 Å². The van der Waals surface area contributed by atoms with Crippen molar-refractivity contribution in [3.05, 3.63) is 0 Å². The summed E-state index contributed by atoms with van der Waals surface area (Å²) in [5.41, 5.74) is 5.64. The molecule has 3 N–H and O–H groups in total. The fourth-order valence-electron chi connectivity index (χ4n) is 1.37. The Bertz CT molecular complexity index is 322. The van der Waals surface area contributed by atoms with Gasteiger partial charge in [-0.25, -0.2) is 8.42 Å². The van der Waals surface area contributed by atoms with Gasteiger partial charge in [0.05, 0.1) is 5.25 Å². The molecule has 15 heavy (non-hydrogen) atoms. The standard InChI is InChI=1S/C9H18N2O3S/c1-2-3-7(10)6-9(12)11-15(13,14)8-4-5-8/h7-8H,2-6,10H2,1H3,(H,11,12). The second-order valence-corrected chi connectivity index (χ2v) is 5.98. The van der Waals surface area contributed by atoms with Crippen molar-refractivity contribution >= 4 is 15.9 Å². The molecule has 1 saturated carbocycles. The van der Waals surface area contributed by atoms with E-state index >= 15 is 0 Å². The molecular weight excluding hydrogens is 216 g/mol. The minimum atomic E-state index is -3.40. The molecule has 0 bridgehead atoms. The predicted molar refractivity (Wildman–Crippen MR) is 57.6 cm³/mol. The van der Waals surface area contributed by atoms with Gasteiger partial charge in [0.2, 0.25) is 15.9 Å². The van der Waals surface area contributed by atoms with E-state index in [0.717, 1.165) is 12.8 Å². The first-order chi connectivity index (χ1) is 6.95. The molecule has 0 spiro atoms. The lowest BCUT2D eigenvalue weighted by molar-refractivity contribution is -0.119. The normalized spacial score (nSPS) is 18.5. The second-order valence-electron chi connectivity index (χ2n) is 4.02. The van der Waals surface area contributed by atoms with Crippen LogP contribution in [-0.2, 0) is 14.8 Å². The molecule has 0 aromatic carbocycles. The highest BCUT2D eigenvalue weighted by molar-refractivity contribution is 7.90. The smallest absolute Gasteiger partial charge is 0.237 e. The van der Waals surface area contributed by atoms with Crippen LogP contribution < -0.4 is 10.5 Å². The van der Waals surface area contributed by atoms with E-state index in [1.54, 1.807) is 0 Å². The van der Waals surface area contributed by atoms with Gasteiger partial charge in [-0.1, -0.05) is 13.3 Å². The van der Waals surface area contributed by atoms with Crippen LogP contribution >= 0.6 is 0 Å². The van der Waals surface area contributed by atoms with Gasteiger partial charge >= 0.3 is 0 Å². The highest BCUT2D eigenvalue weighted by Gasteiger charge is 2.36. The predicted octanol–water partition coefficient (Wildman–Crippen LogP) is 0.112. The Hall–Kier alpha value is -0.620. The molecule has 0 radical (unpaired) electrons. The lowest BCUT2D eigenvalue weighted by Crippen LogP contribution is -2.37. The van der Waals surface area contributed by atoms with Crippen molar-refractivity contribution in [3.63, 3.8) is 0 Å². The largest absolute Gasteiger partial charge is 0.327 e. The van der Waals surface area contributed by atoms with Gasteiger partial charge in [-0.05, 0) is 19.3 Å². The average Bonchev–Trinajstić information content (AvgIpc) is 2.83. The number of carbonyl (C=O) groups is 1. The molecule has 1 atom stereocenters. The Kier molecular flexibility index (Phi) is 4.10. The van der Waals surface area contributed by atoms with Crippen LogP contribution in [0.25, 0.3) is 0 Å². The van der Waals surface area contributed by atoms with Crippen molar-refractivity contribution < 1.29 is 13.2 Å². The Morgan fingerprint density at radius 1 is 1.53 bits per heavy atom. The highest BCUT2D eigenvalue weighted by atomic mass is 32.2. The van der Waals surface area contributed by atoms with Gasteiger partial charge in [0.1, 0.15) is 0 Å². The minimum Gasteiger partial charge on any atom is -0.327 e. The summed E-state index contributed by atoms with van der Waals surface area (Å²) in [5.74, 6) is -0.483. The molecule has 1 rings (SSSR count). The number of nitrogens with one attached hydrogen (secondary N) is 1. The van der Waals surface area contributed by atoms with Crippen LogP contribution in [-0.4, -0.2) is 25.6 Å². The summed E-state index contributed by atoms with van der Waals surface area (Å²) in [6.07, 6.45) is 3.02. The van der Waals surface area contributed by atoms with E-state index in [4.69, 9.17) is 5.73 Å². The lowest BCUT2D eigenvalue weighted by atomic mass is 10.1. The second kappa shape index (κ2) is 4.94. The van der Waals surface area contributed by atoms with Crippen molar-refractivity contribution in [2.24, 2.45) is 5.73 Å². The van der Waals surface area contributed by atoms with Crippen LogP contribution in [0.1, 0.15) is 39.0 Å². The van der Waals surface area contributed by atoms with E-state index < -0.39 is 15.9 Å². The van der Waals surface area contributed by atoms with E-state index in [9.17, 15) is 13.2 Å². The molecule has 1 aliphatic rings. The fraction of sp³-hybridized carbons (Fsp3) is 0.889. The fourth-order valence-corrected chi connectivity index (χ4v) is 2.70. The van der Waals surface area contributed by atoms with Crippen molar-refractivity contribution in [1.82, 2.24) is 4.72 Å². The summed E-state index contributed by atoms with van der Waals surface area (Å²) >= 11 is 0. The Labute approximate surface area is 90.5 Å². The van der Waals surface area contributed by atoms with Gasteiger partial charge in [0, 0.05) is 12.5 Å². The summed E-state index contributed by atoms with van der Waals surface area (Å²) in [6, 6.07) is -0.246. The topological polar surface area (TPSA) is 89.3 Å². The molecule has 0 aromatic rings. The maximum absolute atomic E-state index is 11.4. The van der Waals surface area contributed by atoms with Gasteiger partial charge in [0.25, 0.3) is 0 Å². The first-order valence-electron chi connectivity index (χ1n) is 5.25. The quantitative estimate of drug-likeness (QED) is 0.682. The van der Waals surface area contributed by atoms with Crippen molar-refractivity contribution in [1.29, 1.82) is 0 Å². The molecule has 0 aromatic heterocycles. The van der Waals surface area contributed by atoms with Crippen LogP contribution in [0.4, 0.5) is 0 Å². The van der Waals surface area contributed by atoms with Gasteiger partial charge < -0.3 is 5.73 Å². The van der Waals surface area contributed by atoms with Crippen molar-refractivity contribution in [2.45, 2.75) is 50.3 Å². The Morgan fingerprint density at radius 3 is 2.60 bits per heavy atom. The molecule has 0 heterocycles. The SMILES string of the molecule is CCCC(N)CC(=O)NS(=O)(=O)C1CC1. The molecule has 1 unspecified atom stereocenters. The third-order valence-electron chi connectivity index (χ3n) is 2.33. The number of hydrogen-bond donors (Lipinski definition) is 2. The Morgan fingerprint density at radius 2 is 2.13 bits per heavy atom. The van der Waals surface area contributed by atoms with E-state index in [2.05, 4.69) is 4.72 Å². The maximum Gasteiger partial charge on any atom is 0.237 e. The van der Waals surface area contributed by atoms with Gasteiger partial charge in [-0.15, -0.1) is 0 Å². The molecule has 5 nitrogen and oxygen atoms in total. The molecule has 1 amide bonds. The van der Waals surface area contributed by atoms with E-state index in [1.165, 1.54) is 0 Å². The first kappa shape index (κ1) is 12.4. The van der Waals surface area contributed by atoms with Gasteiger partial charge in [-0.2, -0.15) is 0 Å². The van der Waals surface area contributed by atoms with E-state index in [-0.39, 0.29) is 17.7 Å². The van der Waals surface area contributed by atoms with Gasteiger partial charge in [0.15, 0.2) is 0 Å². The monoisotopic (exact) mass is 234 g/mol. The first-order valence-corrected chi connectivity index (χ1v) is 6.80. The summed E-state index contributed by atoms with van der Waals surface area (Å²) in [4.78, 5) is 11.3. The zero-order chi connectivity index (χ0) is 11.5. The number of hydrogen-bond acceptors (Lipinski definition) is 4. The summed E-state index contributed by atoms with van der Waals surface area (Å²) in [5, 5.41) is -0.358. The Balaban J connectivity index is 2.35. The van der Waals surface area contributed by atoms with Crippen LogP contribution in [0.15, 0.2) is 0 Å².